The first-order valence-corrected chi connectivity index (χ1v) is 9.12. The molecule has 0 aromatic rings. The normalized spacial score (nSPS) is 21.0. The highest BCUT2D eigenvalue weighted by molar-refractivity contribution is 5.47. The Bertz CT molecular complexity index is 508. The summed E-state index contributed by atoms with van der Waals surface area (Å²) in [5.74, 6) is 1.44. The Morgan fingerprint density at radius 3 is 2.22 bits per heavy atom. The van der Waals surface area contributed by atoms with Crippen molar-refractivity contribution < 1.29 is 0 Å². The Kier molecular flexibility index (Phi) is 7.18. The molecule has 0 aliphatic carbocycles. The van der Waals surface area contributed by atoms with Crippen molar-refractivity contribution in [2.24, 2.45) is 23.5 Å². The topological polar surface area (TPSA) is 29.3 Å². The highest BCUT2D eigenvalue weighted by atomic mass is 15.2. The van der Waals surface area contributed by atoms with Crippen LogP contribution in [0.15, 0.2) is 47.5 Å². The molecule has 0 bridgehead atoms. The molecule has 0 saturated heterocycles. The fourth-order valence-corrected chi connectivity index (χ4v) is 2.79. The fourth-order valence-electron chi connectivity index (χ4n) is 2.79. The van der Waals surface area contributed by atoms with Gasteiger partial charge in [-0.05, 0) is 54.7 Å². The first-order valence-electron chi connectivity index (χ1n) is 9.12. The van der Waals surface area contributed by atoms with Crippen LogP contribution < -0.4 is 5.73 Å². The molecule has 2 N–H and O–H groups in total. The van der Waals surface area contributed by atoms with E-state index in [0.29, 0.717) is 23.8 Å². The molecule has 130 valence electrons. The lowest BCUT2D eigenvalue weighted by atomic mass is 9.83. The van der Waals surface area contributed by atoms with Gasteiger partial charge in [0.2, 0.25) is 0 Å². The Hall–Kier alpha value is -1.44. The van der Waals surface area contributed by atoms with Crippen LogP contribution in [-0.4, -0.2) is 10.9 Å². The molecule has 1 aliphatic heterocycles. The van der Waals surface area contributed by atoms with Gasteiger partial charge in [-0.25, -0.2) is 0 Å². The maximum atomic E-state index is 6.64. The molecule has 0 spiro atoms. The molecule has 0 amide bonds. The first-order chi connectivity index (χ1) is 10.8. The van der Waals surface area contributed by atoms with Gasteiger partial charge in [-0.2, -0.15) is 0 Å². The van der Waals surface area contributed by atoms with E-state index in [9.17, 15) is 0 Å². The van der Waals surface area contributed by atoms with Gasteiger partial charge in [-0.15, -0.1) is 0 Å². The standard InChI is InChI=1S/C21H36N2/c1-9-15(5)18(8)20(22)21-19(17(7)14(3)4)12-11-13-23(21)16(6)10-2/h11-17H,8-10,22H2,1-7H3/b21-20+. The van der Waals surface area contributed by atoms with Crippen molar-refractivity contribution in [3.63, 3.8) is 0 Å². The number of hydrogen-bond donors (Lipinski definition) is 1. The zero-order valence-corrected chi connectivity index (χ0v) is 16.2. The summed E-state index contributed by atoms with van der Waals surface area (Å²) in [6.45, 7) is 20.0. The van der Waals surface area contributed by atoms with E-state index in [1.165, 1.54) is 11.3 Å². The summed E-state index contributed by atoms with van der Waals surface area (Å²) in [4.78, 5) is 2.34. The quantitative estimate of drug-likeness (QED) is 0.662. The summed E-state index contributed by atoms with van der Waals surface area (Å²) in [7, 11) is 0. The van der Waals surface area contributed by atoms with Crippen molar-refractivity contribution in [1.82, 2.24) is 4.90 Å². The molecule has 0 saturated carbocycles. The van der Waals surface area contributed by atoms with Crippen molar-refractivity contribution in [2.45, 2.75) is 67.3 Å². The van der Waals surface area contributed by atoms with Crippen molar-refractivity contribution in [3.8, 4) is 0 Å². The van der Waals surface area contributed by atoms with Crippen LogP contribution in [0.1, 0.15) is 61.3 Å². The average molecular weight is 317 g/mol. The fraction of sp³-hybridized carbons (Fsp3) is 0.619. The van der Waals surface area contributed by atoms with Gasteiger partial charge < -0.3 is 10.6 Å². The van der Waals surface area contributed by atoms with Crippen LogP contribution in [0.3, 0.4) is 0 Å². The summed E-state index contributed by atoms with van der Waals surface area (Å²) in [5.41, 5.74) is 11.1. The highest BCUT2D eigenvalue weighted by Crippen LogP contribution is 2.36. The molecule has 0 radical (unpaired) electrons. The maximum absolute atomic E-state index is 6.64. The maximum Gasteiger partial charge on any atom is 0.0680 e. The molecule has 1 aliphatic rings. The van der Waals surface area contributed by atoms with E-state index < -0.39 is 0 Å². The van der Waals surface area contributed by atoms with Gasteiger partial charge in [0.15, 0.2) is 0 Å². The molecule has 0 fully saturated rings. The molecule has 2 nitrogen and oxygen atoms in total. The van der Waals surface area contributed by atoms with Gasteiger partial charge >= 0.3 is 0 Å². The lowest BCUT2D eigenvalue weighted by Crippen LogP contribution is -2.34. The monoisotopic (exact) mass is 316 g/mol. The van der Waals surface area contributed by atoms with Crippen LogP contribution in [0.4, 0.5) is 0 Å². The Morgan fingerprint density at radius 2 is 1.74 bits per heavy atom. The molecule has 23 heavy (non-hydrogen) atoms. The number of nitrogens with two attached hydrogens (primary N) is 1. The number of rotatable bonds is 7. The molecule has 0 aromatic heterocycles. The second-order valence-electron chi connectivity index (χ2n) is 7.26. The van der Waals surface area contributed by atoms with E-state index in [4.69, 9.17) is 5.73 Å². The smallest absolute Gasteiger partial charge is 0.0680 e. The predicted molar refractivity (Wildman–Crippen MR) is 103 cm³/mol. The van der Waals surface area contributed by atoms with Crippen LogP contribution in [0.5, 0.6) is 0 Å². The lowest BCUT2D eigenvalue weighted by Gasteiger charge is -2.37. The second-order valence-corrected chi connectivity index (χ2v) is 7.26. The van der Waals surface area contributed by atoms with Gasteiger partial charge in [0.25, 0.3) is 0 Å². The molecule has 3 unspecified atom stereocenters. The molecule has 1 rings (SSSR count). The van der Waals surface area contributed by atoms with Crippen LogP contribution in [0, 0.1) is 17.8 Å². The third-order valence-corrected chi connectivity index (χ3v) is 5.42. The minimum atomic E-state index is 0.405. The Labute approximate surface area is 143 Å². The summed E-state index contributed by atoms with van der Waals surface area (Å²) >= 11 is 0. The van der Waals surface area contributed by atoms with Crippen LogP contribution in [0.25, 0.3) is 0 Å². The van der Waals surface area contributed by atoms with E-state index in [0.717, 1.165) is 24.1 Å². The van der Waals surface area contributed by atoms with Gasteiger partial charge in [-0.1, -0.05) is 54.2 Å². The summed E-state index contributed by atoms with van der Waals surface area (Å²) in [6.07, 6.45) is 8.70. The number of hydrogen-bond acceptors (Lipinski definition) is 2. The molecule has 0 aromatic carbocycles. The minimum Gasteiger partial charge on any atom is -0.397 e. The zero-order valence-electron chi connectivity index (χ0n) is 16.2. The number of allylic oxidation sites excluding steroid dienone is 4. The van der Waals surface area contributed by atoms with Crippen LogP contribution >= 0.6 is 0 Å². The van der Waals surface area contributed by atoms with Crippen molar-refractivity contribution in [3.05, 3.63) is 47.5 Å². The van der Waals surface area contributed by atoms with Gasteiger partial charge in [-0.3, -0.25) is 0 Å². The van der Waals surface area contributed by atoms with Crippen LogP contribution in [-0.2, 0) is 0 Å². The first kappa shape index (κ1) is 19.6. The molecular weight excluding hydrogens is 280 g/mol. The van der Waals surface area contributed by atoms with E-state index in [1.807, 2.05) is 0 Å². The highest BCUT2D eigenvalue weighted by Gasteiger charge is 2.27. The summed E-state index contributed by atoms with van der Waals surface area (Å²) in [5, 5.41) is 0. The van der Waals surface area contributed by atoms with Gasteiger partial charge in [0, 0.05) is 12.2 Å². The van der Waals surface area contributed by atoms with Crippen molar-refractivity contribution >= 4 is 0 Å². The Balaban J connectivity index is 3.42. The third kappa shape index (κ3) is 4.31. The summed E-state index contributed by atoms with van der Waals surface area (Å²) < 4.78 is 0. The number of nitrogens with zero attached hydrogens (tertiary/aromatic N) is 1. The lowest BCUT2D eigenvalue weighted by molar-refractivity contribution is 0.336. The second kappa shape index (κ2) is 8.42. The molecule has 3 atom stereocenters. The SMILES string of the molecule is C=C(/C(N)=C1/C(C(C)C(C)C)=CC=CN1C(C)CC)C(C)CC. The molecule has 2 heteroatoms. The van der Waals surface area contributed by atoms with Gasteiger partial charge in [0.1, 0.15) is 0 Å². The van der Waals surface area contributed by atoms with Crippen molar-refractivity contribution in [2.75, 3.05) is 0 Å². The minimum absolute atomic E-state index is 0.405. The zero-order chi connectivity index (χ0) is 17.7. The van der Waals surface area contributed by atoms with Crippen molar-refractivity contribution in [1.29, 1.82) is 0 Å². The van der Waals surface area contributed by atoms with E-state index in [-0.39, 0.29) is 0 Å². The average Bonchev–Trinajstić information content (AvgIpc) is 2.57. The largest absolute Gasteiger partial charge is 0.397 e. The van der Waals surface area contributed by atoms with E-state index in [1.54, 1.807) is 0 Å². The van der Waals surface area contributed by atoms with Crippen LogP contribution in [0.2, 0.25) is 0 Å². The van der Waals surface area contributed by atoms with E-state index in [2.05, 4.69) is 78.3 Å². The van der Waals surface area contributed by atoms with Gasteiger partial charge in [0.05, 0.1) is 11.4 Å². The predicted octanol–water partition coefficient (Wildman–Crippen LogP) is 5.61. The molecule has 1 heterocycles. The molecular formula is C21H36N2. The Morgan fingerprint density at radius 1 is 1.13 bits per heavy atom. The third-order valence-electron chi connectivity index (χ3n) is 5.42. The summed E-state index contributed by atoms with van der Waals surface area (Å²) in [6, 6.07) is 0.424. The van der Waals surface area contributed by atoms with E-state index >= 15 is 0 Å².